The summed E-state index contributed by atoms with van der Waals surface area (Å²) in [5.74, 6) is 0.331. The van der Waals surface area contributed by atoms with Crippen LogP contribution in [0.1, 0.15) is 33.7 Å². The molecule has 5 heteroatoms. The van der Waals surface area contributed by atoms with Crippen LogP contribution in [-0.4, -0.2) is 5.25 Å². The van der Waals surface area contributed by atoms with E-state index in [4.69, 9.17) is 16.0 Å². The molecule has 2 aliphatic carbocycles. The van der Waals surface area contributed by atoms with E-state index < -0.39 is 5.41 Å². The highest BCUT2D eigenvalue weighted by Crippen LogP contribution is 2.63. The first-order valence-corrected chi connectivity index (χ1v) is 22.5. The van der Waals surface area contributed by atoms with Crippen LogP contribution >= 0.6 is 35.1 Å². The standard InChI is InChI=1S/C55H34ClNOS2/c56-34-22-25-46-52(28-34)60-53-32-36(23-26-47(53)55(46)44-18-8-4-14-38(44)39-15-5-9-19-45(39)55)57(35-24-27-51-43(29-35)40-16-7-11-21-50(40)59-51)37-30-42(33-12-2-1-3-13-33)54-41-17-6-10-20-48(41)58-49(54)31-37/h1-32,40,50H. The average Bonchev–Trinajstić information content (AvgIpc) is 3.95. The van der Waals surface area contributed by atoms with Crippen molar-refractivity contribution in [3.8, 4) is 22.3 Å². The fraction of sp³-hybridized carbons (Fsp3) is 0.0545. The third-order valence-corrected chi connectivity index (χ3v) is 15.6. The predicted octanol–water partition coefficient (Wildman–Crippen LogP) is 15.9. The average molecular weight is 824 g/mol. The van der Waals surface area contributed by atoms with Crippen molar-refractivity contribution in [3.63, 3.8) is 0 Å². The summed E-state index contributed by atoms with van der Waals surface area (Å²) in [6.45, 7) is 0. The molecule has 3 heterocycles. The van der Waals surface area contributed by atoms with E-state index in [-0.39, 0.29) is 0 Å². The molecule has 0 amide bonds. The van der Waals surface area contributed by atoms with Crippen molar-refractivity contribution in [2.24, 2.45) is 0 Å². The maximum Gasteiger partial charge on any atom is 0.138 e. The second-order valence-corrected chi connectivity index (χ2v) is 18.8. The molecule has 9 aromatic rings. The zero-order valence-corrected chi connectivity index (χ0v) is 34.6. The van der Waals surface area contributed by atoms with Gasteiger partial charge in [-0.15, -0.1) is 11.8 Å². The fourth-order valence-electron chi connectivity index (χ4n) is 10.4. The number of nitrogens with zero attached hydrogens (tertiary/aromatic N) is 1. The monoisotopic (exact) mass is 823 g/mol. The minimum Gasteiger partial charge on any atom is -0.456 e. The number of thioether (sulfide) groups is 1. The second kappa shape index (κ2) is 13.2. The first-order chi connectivity index (χ1) is 29.6. The third-order valence-electron chi connectivity index (χ3n) is 12.9. The highest BCUT2D eigenvalue weighted by Gasteiger charge is 2.50. The normalized spacial score (nSPS) is 17.3. The van der Waals surface area contributed by atoms with Gasteiger partial charge >= 0.3 is 0 Å². The summed E-state index contributed by atoms with van der Waals surface area (Å²) in [5.41, 5.74) is 15.9. The number of allylic oxidation sites excluding steroid dienone is 3. The van der Waals surface area contributed by atoms with Crippen LogP contribution in [0.3, 0.4) is 0 Å². The molecule has 0 fully saturated rings. The third kappa shape index (κ3) is 4.93. The van der Waals surface area contributed by atoms with E-state index in [1.807, 2.05) is 23.5 Å². The highest BCUT2D eigenvalue weighted by atomic mass is 35.5. The molecule has 0 N–H and O–H groups in total. The van der Waals surface area contributed by atoms with Crippen LogP contribution in [0.2, 0.25) is 5.02 Å². The van der Waals surface area contributed by atoms with Gasteiger partial charge in [0.25, 0.3) is 0 Å². The van der Waals surface area contributed by atoms with Gasteiger partial charge in [0.05, 0.1) is 11.1 Å². The van der Waals surface area contributed by atoms with Gasteiger partial charge in [0.1, 0.15) is 11.2 Å². The fourth-order valence-corrected chi connectivity index (χ4v) is 13.3. The van der Waals surface area contributed by atoms with Crippen LogP contribution in [0.25, 0.3) is 44.2 Å². The molecular weight excluding hydrogens is 790 g/mol. The molecule has 2 unspecified atom stereocenters. The predicted molar refractivity (Wildman–Crippen MR) is 251 cm³/mol. The van der Waals surface area contributed by atoms with Gasteiger partial charge in [0.2, 0.25) is 0 Å². The minimum atomic E-state index is -0.495. The number of hydrogen-bond acceptors (Lipinski definition) is 4. The van der Waals surface area contributed by atoms with Crippen LogP contribution < -0.4 is 4.90 Å². The molecule has 2 aliphatic heterocycles. The number of anilines is 3. The lowest BCUT2D eigenvalue weighted by molar-refractivity contribution is 0.669. The molecule has 0 saturated carbocycles. The number of furan rings is 1. The number of hydrogen-bond donors (Lipinski definition) is 0. The van der Waals surface area contributed by atoms with Crippen molar-refractivity contribution in [2.45, 2.75) is 31.3 Å². The Morgan fingerprint density at radius 2 is 1.20 bits per heavy atom. The largest absolute Gasteiger partial charge is 0.456 e. The van der Waals surface area contributed by atoms with Gasteiger partial charge in [-0.2, -0.15) is 0 Å². The zero-order chi connectivity index (χ0) is 39.5. The molecule has 8 aromatic carbocycles. The Morgan fingerprint density at radius 3 is 2.03 bits per heavy atom. The summed E-state index contributed by atoms with van der Waals surface area (Å²) in [7, 11) is 0. The second-order valence-electron chi connectivity index (χ2n) is 16.0. The molecule has 1 spiro atoms. The van der Waals surface area contributed by atoms with Gasteiger partial charge in [0.15, 0.2) is 0 Å². The number of benzene rings is 8. The van der Waals surface area contributed by atoms with Crippen molar-refractivity contribution in [2.75, 3.05) is 4.90 Å². The van der Waals surface area contributed by atoms with Crippen molar-refractivity contribution >= 4 is 74.1 Å². The number of halogens is 1. The molecule has 2 atom stereocenters. The number of para-hydroxylation sites is 1. The molecule has 0 radical (unpaired) electrons. The van der Waals surface area contributed by atoms with Gasteiger partial charge in [-0.1, -0.05) is 157 Å². The first-order valence-electron chi connectivity index (χ1n) is 20.4. The van der Waals surface area contributed by atoms with Crippen LogP contribution in [0.4, 0.5) is 17.1 Å². The van der Waals surface area contributed by atoms with E-state index >= 15 is 0 Å². The summed E-state index contributed by atoms with van der Waals surface area (Å²) >= 11 is 10.6. The van der Waals surface area contributed by atoms with Crippen molar-refractivity contribution < 1.29 is 4.42 Å². The molecular formula is C55H34ClNOS2. The maximum absolute atomic E-state index is 6.84. The van der Waals surface area contributed by atoms with Gasteiger partial charge in [-0.25, -0.2) is 0 Å². The lowest BCUT2D eigenvalue weighted by Gasteiger charge is -2.40. The number of rotatable bonds is 4. The Kier molecular flexibility index (Phi) is 7.61. The molecule has 13 rings (SSSR count). The molecule has 60 heavy (non-hydrogen) atoms. The van der Waals surface area contributed by atoms with Crippen LogP contribution in [-0.2, 0) is 5.41 Å². The molecule has 1 aromatic heterocycles. The van der Waals surface area contributed by atoms with Crippen LogP contribution in [0.5, 0.6) is 0 Å². The van der Waals surface area contributed by atoms with Gasteiger partial charge in [-0.3, -0.25) is 0 Å². The van der Waals surface area contributed by atoms with Gasteiger partial charge in [-0.05, 0) is 105 Å². The van der Waals surface area contributed by atoms with E-state index in [1.165, 1.54) is 53.6 Å². The minimum absolute atomic E-state index is 0.331. The first kappa shape index (κ1) is 34.7. The lowest BCUT2D eigenvalue weighted by atomic mass is 9.67. The van der Waals surface area contributed by atoms with Gasteiger partial charge < -0.3 is 9.32 Å². The van der Waals surface area contributed by atoms with E-state index in [9.17, 15) is 0 Å². The molecule has 284 valence electrons. The maximum atomic E-state index is 6.84. The SMILES string of the molecule is Clc1ccc2c(c1)Sc1cc(N(c3ccc4c(c3)C3C=CC=CC3S4)c3cc(-c4ccccc4)c4c(c3)oc3ccccc34)ccc1C21c2ccccc2-c2ccccc21. The quantitative estimate of drug-likeness (QED) is 0.176. The van der Waals surface area contributed by atoms with Crippen molar-refractivity contribution in [1.29, 1.82) is 0 Å². The lowest BCUT2D eigenvalue weighted by Crippen LogP contribution is -2.32. The molecule has 0 saturated heterocycles. The topological polar surface area (TPSA) is 16.4 Å². The molecule has 0 bridgehead atoms. The Labute approximate surface area is 361 Å². The summed E-state index contributed by atoms with van der Waals surface area (Å²) < 4.78 is 6.73. The Morgan fingerprint density at radius 1 is 0.517 bits per heavy atom. The smallest absolute Gasteiger partial charge is 0.138 e. The molecule has 2 nitrogen and oxygen atoms in total. The summed E-state index contributed by atoms with van der Waals surface area (Å²) in [6, 6.07) is 62.3. The Bertz CT molecular complexity index is 3280. The van der Waals surface area contributed by atoms with Crippen LogP contribution in [0, 0.1) is 0 Å². The molecule has 4 aliphatic rings. The van der Waals surface area contributed by atoms with Crippen molar-refractivity contribution in [1.82, 2.24) is 0 Å². The highest BCUT2D eigenvalue weighted by molar-refractivity contribution is 8.00. The number of fused-ring (bicyclic) bond motifs is 15. The van der Waals surface area contributed by atoms with Crippen LogP contribution in [0.15, 0.2) is 213 Å². The van der Waals surface area contributed by atoms with Gasteiger partial charge in [0, 0.05) is 59.1 Å². The van der Waals surface area contributed by atoms with E-state index in [0.717, 1.165) is 55.2 Å². The summed E-state index contributed by atoms with van der Waals surface area (Å²) in [5, 5.41) is 3.39. The summed E-state index contributed by atoms with van der Waals surface area (Å²) in [6.07, 6.45) is 9.09. The van der Waals surface area contributed by atoms with E-state index in [0.29, 0.717) is 11.2 Å². The Hall–Kier alpha value is -6.17. The van der Waals surface area contributed by atoms with Crippen molar-refractivity contribution in [3.05, 3.63) is 227 Å². The van der Waals surface area contributed by atoms with E-state index in [1.54, 1.807) is 0 Å². The zero-order valence-electron chi connectivity index (χ0n) is 32.2. The summed E-state index contributed by atoms with van der Waals surface area (Å²) in [4.78, 5) is 6.18. The van der Waals surface area contributed by atoms with E-state index in [2.05, 4.69) is 199 Å². The Balaban J connectivity index is 1.08.